The highest BCUT2D eigenvalue weighted by Gasteiger charge is 2.33. The number of aliphatic hydroxyl groups is 2. The van der Waals surface area contributed by atoms with Crippen LogP contribution in [0, 0.1) is 0 Å². The first-order chi connectivity index (χ1) is 27.1. The maximum absolute atomic E-state index is 14.1. The van der Waals surface area contributed by atoms with Gasteiger partial charge >= 0.3 is 6.09 Å². The molecule has 0 fully saturated rings. The van der Waals surface area contributed by atoms with E-state index >= 15 is 0 Å². The summed E-state index contributed by atoms with van der Waals surface area (Å²) in [6, 6.07) is 20.2. The van der Waals surface area contributed by atoms with Gasteiger partial charge in [0.1, 0.15) is 6.61 Å². The molecule has 14 heteroatoms. The van der Waals surface area contributed by atoms with Crippen LogP contribution in [0.25, 0.3) is 0 Å². The summed E-state index contributed by atoms with van der Waals surface area (Å²) in [5, 5.41) is 33.7. The number of ether oxygens (including phenoxy) is 4. The summed E-state index contributed by atoms with van der Waals surface area (Å²) in [7, 11) is 1.43. The Bertz CT molecular complexity index is 2090. The molecule has 2 aliphatic rings. The molecule has 0 aliphatic carbocycles. The number of phenols is 1. The second kappa shape index (κ2) is 17.9. The third kappa shape index (κ3) is 8.66. The van der Waals surface area contributed by atoms with Crippen LogP contribution in [0.15, 0.2) is 85.5 Å². The molecule has 0 bridgehead atoms. The molecule has 3 amide bonds. The Hall–Kier alpha value is -6.25. The topological polar surface area (TPSA) is 193 Å². The molecule has 6 N–H and O–H groups in total. The van der Waals surface area contributed by atoms with E-state index in [2.05, 4.69) is 11.9 Å². The number of phenolic OH excluding ortho intramolecular Hbond substituents is 1. The number of nitrogen functional groups attached to an aromatic ring is 1. The lowest BCUT2D eigenvalue weighted by molar-refractivity contribution is 0.0540. The molecule has 294 valence electrons. The van der Waals surface area contributed by atoms with Crippen molar-refractivity contribution in [3.63, 3.8) is 0 Å². The molecule has 0 aromatic heterocycles. The number of rotatable bonds is 14. The van der Waals surface area contributed by atoms with E-state index in [0.29, 0.717) is 25.8 Å². The zero-order chi connectivity index (χ0) is 39.8. The molecule has 0 radical (unpaired) electrons. The molecule has 2 aliphatic heterocycles. The van der Waals surface area contributed by atoms with Crippen molar-refractivity contribution in [2.75, 3.05) is 51.2 Å². The average molecular weight is 767 g/mol. The number of methoxy groups -OCH3 is 1. The molecular weight excluding hydrogens is 720 g/mol. The van der Waals surface area contributed by atoms with E-state index in [0.717, 1.165) is 22.3 Å². The van der Waals surface area contributed by atoms with Gasteiger partial charge in [-0.1, -0.05) is 61.2 Å². The summed E-state index contributed by atoms with van der Waals surface area (Å²) < 4.78 is 22.5. The zero-order valence-electron chi connectivity index (χ0n) is 31.1. The van der Waals surface area contributed by atoms with Crippen molar-refractivity contribution in [3.8, 4) is 23.0 Å². The number of nitrogens with one attached hydrogen (secondary N) is 1. The van der Waals surface area contributed by atoms with E-state index in [9.17, 15) is 29.7 Å². The predicted molar refractivity (Wildman–Crippen MR) is 208 cm³/mol. The molecule has 4 aromatic rings. The molecular formula is C42H46N4O10. The van der Waals surface area contributed by atoms with Gasteiger partial charge in [-0.25, -0.2) is 4.79 Å². The van der Waals surface area contributed by atoms with Gasteiger partial charge in [0.2, 0.25) is 0 Å². The van der Waals surface area contributed by atoms with Crippen LogP contribution in [-0.4, -0.2) is 95.3 Å². The first-order valence-corrected chi connectivity index (χ1v) is 18.3. The van der Waals surface area contributed by atoms with Crippen LogP contribution in [0.4, 0.5) is 16.2 Å². The Balaban J connectivity index is 1.12. The zero-order valence-corrected chi connectivity index (χ0v) is 31.1. The van der Waals surface area contributed by atoms with E-state index in [1.54, 1.807) is 9.80 Å². The van der Waals surface area contributed by atoms with E-state index in [1.807, 2.05) is 48.5 Å². The highest BCUT2D eigenvalue weighted by atomic mass is 16.5. The average Bonchev–Trinajstić information content (AvgIpc) is 3.22. The summed E-state index contributed by atoms with van der Waals surface area (Å²) in [5.41, 5.74) is 10.8. The molecule has 0 spiro atoms. The molecule has 14 nitrogen and oxygen atoms in total. The van der Waals surface area contributed by atoms with E-state index < -0.39 is 30.0 Å². The third-order valence-corrected chi connectivity index (χ3v) is 9.92. The Kier molecular flexibility index (Phi) is 12.6. The van der Waals surface area contributed by atoms with Gasteiger partial charge in [0.05, 0.1) is 62.4 Å². The normalized spacial score (nSPS) is 15.9. The second-order valence-corrected chi connectivity index (χ2v) is 13.5. The number of benzene rings is 4. The van der Waals surface area contributed by atoms with E-state index in [4.69, 9.17) is 24.7 Å². The molecule has 2 heterocycles. The summed E-state index contributed by atoms with van der Waals surface area (Å²) in [4.78, 5) is 43.5. The van der Waals surface area contributed by atoms with Crippen LogP contribution >= 0.6 is 0 Å². The first kappa shape index (κ1) is 39.4. The fourth-order valence-corrected chi connectivity index (χ4v) is 6.99. The molecule has 0 saturated heterocycles. The lowest BCUT2D eigenvalue weighted by Gasteiger charge is -2.36. The highest BCUT2D eigenvalue weighted by Crippen LogP contribution is 2.37. The fourth-order valence-electron chi connectivity index (χ4n) is 6.99. The number of hydrogen-bond donors (Lipinski definition) is 5. The number of anilines is 2. The number of carbonyl (C=O) groups is 3. The van der Waals surface area contributed by atoms with Crippen molar-refractivity contribution in [2.45, 2.75) is 44.4 Å². The van der Waals surface area contributed by atoms with Gasteiger partial charge in [-0.05, 0) is 47.2 Å². The van der Waals surface area contributed by atoms with Crippen molar-refractivity contribution in [1.82, 2.24) is 9.80 Å². The van der Waals surface area contributed by atoms with Crippen LogP contribution in [0.2, 0.25) is 0 Å². The predicted octanol–water partition coefficient (Wildman–Crippen LogP) is 4.68. The van der Waals surface area contributed by atoms with Gasteiger partial charge in [-0.15, -0.1) is 0 Å². The number of aromatic hydroxyl groups is 1. The van der Waals surface area contributed by atoms with Crippen molar-refractivity contribution in [1.29, 1.82) is 0 Å². The Morgan fingerprint density at radius 1 is 0.804 bits per heavy atom. The SMILES string of the molecule is C=CCOC(=O)Nc1cc(OCCCOc2cc(N)c(C(=O)N3Cc4ccccc4CC3CO)cc2O)c(OC)cc1C(=O)N1Cc2ccccc2CC1CO. The summed E-state index contributed by atoms with van der Waals surface area (Å²) >= 11 is 0. The van der Waals surface area contributed by atoms with Gasteiger partial charge in [-0.3, -0.25) is 14.9 Å². The van der Waals surface area contributed by atoms with Gasteiger partial charge in [-0.2, -0.15) is 0 Å². The summed E-state index contributed by atoms with van der Waals surface area (Å²) in [6.45, 7) is 3.79. The number of fused-ring (bicyclic) bond motifs is 2. The lowest BCUT2D eigenvalue weighted by Crippen LogP contribution is -2.46. The van der Waals surface area contributed by atoms with Gasteiger partial charge in [0.25, 0.3) is 11.8 Å². The van der Waals surface area contributed by atoms with E-state index in [-0.39, 0.29) is 85.1 Å². The number of aliphatic hydroxyl groups excluding tert-OH is 2. The van der Waals surface area contributed by atoms with Crippen LogP contribution in [0.1, 0.15) is 49.4 Å². The Labute approximate surface area is 324 Å². The quantitative estimate of drug-likeness (QED) is 0.0518. The minimum absolute atomic E-state index is 0.0536. The number of carbonyl (C=O) groups excluding carboxylic acids is 3. The van der Waals surface area contributed by atoms with Crippen molar-refractivity contribution >= 4 is 29.3 Å². The number of amides is 3. The van der Waals surface area contributed by atoms with E-state index in [1.165, 1.54) is 37.5 Å². The molecule has 56 heavy (non-hydrogen) atoms. The minimum Gasteiger partial charge on any atom is -0.504 e. The highest BCUT2D eigenvalue weighted by molar-refractivity contribution is 6.04. The third-order valence-electron chi connectivity index (χ3n) is 9.92. The second-order valence-electron chi connectivity index (χ2n) is 13.5. The molecule has 2 unspecified atom stereocenters. The molecule has 4 aromatic carbocycles. The Morgan fingerprint density at radius 2 is 1.36 bits per heavy atom. The summed E-state index contributed by atoms with van der Waals surface area (Å²) in [5.74, 6) is -0.593. The van der Waals surface area contributed by atoms with Gasteiger partial charge in [0, 0.05) is 37.3 Å². The molecule has 2 atom stereocenters. The standard InChI is InChI=1S/C42H46N4O10/c1-3-13-56-42(52)44-35-21-39(38(53-2)19-33(35)41(51)46-23-29-12-7-5-10-27(29)17-31(46)25-48)55-15-8-14-54-37-20-34(43)32(18-36(37)49)40(50)45-22-28-11-6-4-9-26(28)16-30(45)24-47/h3-7,9-12,18-21,30-31,47-49H,1,8,13-17,22-25,43H2,2H3,(H,44,52). The fraction of sp³-hybridized carbons (Fsp3) is 0.310. The van der Waals surface area contributed by atoms with Gasteiger partial charge < -0.3 is 49.8 Å². The smallest absolute Gasteiger partial charge is 0.411 e. The minimum atomic E-state index is -0.813. The van der Waals surface area contributed by atoms with Gasteiger partial charge in [0.15, 0.2) is 23.0 Å². The largest absolute Gasteiger partial charge is 0.504 e. The van der Waals surface area contributed by atoms with Crippen LogP contribution < -0.4 is 25.3 Å². The Morgan fingerprint density at radius 3 is 1.91 bits per heavy atom. The lowest BCUT2D eigenvalue weighted by atomic mass is 9.93. The molecule has 0 saturated carbocycles. The molecule has 6 rings (SSSR count). The number of nitrogens with zero attached hydrogens (tertiary/aromatic N) is 2. The number of nitrogens with two attached hydrogens (primary N) is 1. The van der Waals surface area contributed by atoms with Crippen molar-refractivity contribution in [2.24, 2.45) is 0 Å². The van der Waals surface area contributed by atoms with Crippen LogP contribution in [0.3, 0.4) is 0 Å². The maximum Gasteiger partial charge on any atom is 0.411 e. The van der Waals surface area contributed by atoms with Crippen molar-refractivity contribution < 1.29 is 48.7 Å². The first-order valence-electron chi connectivity index (χ1n) is 18.3. The van der Waals surface area contributed by atoms with Crippen LogP contribution in [0.5, 0.6) is 23.0 Å². The summed E-state index contributed by atoms with van der Waals surface area (Å²) in [6.07, 6.45) is 1.89. The monoisotopic (exact) mass is 766 g/mol. The van der Waals surface area contributed by atoms with Crippen molar-refractivity contribution in [3.05, 3.63) is 119 Å². The van der Waals surface area contributed by atoms with Crippen LogP contribution in [-0.2, 0) is 30.7 Å². The maximum atomic E-state index is 14.1. The number of hydrogen-bond acceptors (Lipinski definition) is 11.